The standard InChI is InChI=1S/C13H15N3O3/c1-4-16-8-14-12(15-16)10-7-9(13(17)19-3)5-6-11(10)18-2/h5-8H,4H2,1-3H3. The van der Waals surface area contributed by atoms with Crippen LogP contribution in [0.2, 0.25) is 0 Å². The number of hydrogen-bond donors (Lipinski definition) is 0. The van der Waals surface area contributed by atoms with Gasteiger partial charge in [-0.15, -0.1) is 0 Å². The van der Waals surface area contributed by atoms with Gasteiger partial charge >= 0.3 is 5.97 Å². The zero-order valence-corrected chi connectivity index (χ0v) is 11.1. The highest BCUT2D eigenvalue weighted by atomic mass is 16.5. The van der Waals surface area contributed by atoms with Crippen molar-refractivity contribution in [2.75, 3.05) is 14.2 Å². The molecule has 2 rings (SSSR count). The van der Waals surface area contributed by atoms with Crippen molar-refractivity contribution < 1.29 is 14.3 Å². The smallest absolute Gasteiger partial charge is 0.337 e. The van der Waals surface area contributed by atoms with Gasteiger partial charge in [0.15, 0.2) is 5.82 Å². The van der Waals surface area contributed by atoms with Crippen molar-refractivity contribution in [1.29, 1.82) is 0 Å². The van der Waals surface area contributed by atoms with Gasteiger partial charge in [0.2, 0.25) is 0 Å². The van der Waals surface area contributed by atoms with Gasteiger partial charge < -0.3 is 9.47 Å². The molecule has 0 radical (unpaired) electrons. The second-order valence-electron chi connectivity index (χ2n) is 3.83. The predicted octanol–water partition coefficient (Wildman–Crippen LogP) is 1.76. The molecular formula is C13H15N3O3. The molecule has 100 valence electrons. The van der Waals surface area contributed by atoms with Gasteiger partial charge in [-0.3, -0.25) is 4.68 Å². The summed E-state index contributed by atoms with van der Waals surface area (Å²) in [6, 6.07) is 5.01. The summed E-state index contributed by atoms with van der Waals surface area (Å²) in [6.45, 7) is 2.70. The van der Waals surface area contributed by atoms with E-state index in [0.29, 0.717) is 22.7 Å². The summed E-state index contributed by atoms with van der Waals surface area (Å²) >= 11 is 0. The van der Waals surface area contributed by atoms with Gasteiger partial charge in [-0.1, -0.05) is 0 Å². The summed E-state index contributed by atoms with van der Waals surface area (Å²) in [5, 5.41) is 4.31. The first kappa shape index (κ1) is 13.1. The van der Waals surface area contributed by atoms with Crippen LogP contribution in [0, 0.1) is 0 Å². The number of carbonyl (C=O) groups excluding carboxylic acids is 1. The normalized spacial score (nSPS) is 10.3. The average molecular weight is 261 g/mol. The van der Waals surface area contributed by atoms with Gasteiger partial charge in [0, 0.05) is 6.54 Å². The van der Waals surface area contributed by atoms with Crippen molar-refractivity contribution in [1.82, 2.24) is 14.8 Å². The molecule has 0 aliphatic rings. The molecule has 0 spiro atoms. The van der Waals surface area contributed by atoms with Crippen molar-refractivity contribution in [2.24, 2.45) is 0 Å². The summed E-state index contributed by atoms with van der Waals surface area (Å²) < 4.78 is 11.7. The SMILES string of the molecule is CCn1cnc(-c2cc(C(=O)OC)ccc2OC)n1. The number of aryl methyl sites for hydroxylation is 1. The van der Waals surface area contributed by atoms with E-state index in [9.17, 15) is 4.79 Å². The van der Waals surface area contributed by atoms with Crippen molar-refractivity contribution in [3.8, 4) is 17.1 Å². The molecule has 1 aromatic heterocycles. The Labute approximate surface area is 111 Å². The van der Waals surface area contributed by atoms with Crippen LogP contribution in [0.25, 0.3) is 11.4 Å². The Hall–Kier alpha value is -2.37. The van der Waals surface area contributed by atoms with Crippen LogP contribution in [-0.2, 0) is 11.3 Å². The van der Waals surface area contributed by atoms with Crippen LogP contribution in [0.15, 0.2) is 24.5 Å². The third kappa shape index (κ3) is 2.57. The summed E-state index contributed by atoms with van der Waals surface area (Å²) in [6.07, 6.45) is 1.64. The third-order valence-corrected chi connectivity index (χ3v) is 2.72. The van der Waals surface area contributed by atoms with Crippen LogP contribution in [0.3, 0.4) is 0 Å². The topological polar surface area (TPSA) is 66.2 Å². The molecule has 6 heteroatoms. The molecule has 1 aromatic carbocycles. The number of rotatable bonds is 4. The van der Waals surface area contributed by atoms with Gasteiger partial charge in [0.1, 0.15) is 12.1 Å². The maximum Gasteiger partial charge on any atom is 0.337 e. The van der Waals surface area contributed by atoms with E-state index < -0.39 is 5.97 Å². The van der Waals surface area contributed by atoms with Crippen LogP contribution in [0.5, 0.6) is 5.75 Å². The monoisotopic (exact) mass is 261 g/mol. The molecule has 6 nitrogen and oxygen atoms in total. The molecule has 0 N–H and O–H groups in total. The van der Waals surface area contributed by atoms with Crippen LogP contribution in [-0.4, -0.2) is 35.0 Å². The molecule has 0 fully saturated rings. The van der Waals surface area contributed by atoms with E-state index in [4.69, 9.17) is 9.47 Å². The second-order valence-corrected chi connectivity index (χ2v) is 3.83. The van der Waals surface area contributed by atoms with Crippen molar-refractivity contribution in [2.45, 2.75) is 13.5 Å². The largest absolute Gasteiger partial charge is 0.496 e. The first-order valence-electron chi connectivity index (χ1n) is 5.85. The summed E-state index contributed by atoms with van der Waals surface area (Å²) in [5.74, 6) is 0.727. The minimum Gasteiger partial charge on any atom is -0.496 e. The highest BCUT2D eigenvalue weighted by Gasteiger charge is 2.14. The van der Waals surface area contributed by atoms with Crippen LogP contribution >= 0.6 is 0 Å². The Morgan fingerprint density at radius 2 is 2.16 bits per heavy atom. The Balaban J connectivity index is 2.49. The number of benzene rings is 1. The van der Waals surface area contributed by atoms with E-state index in [0.717, 1.165) is 6.54 Å². The van der Waals surface area contributed by atoms with E-state index in [1.54, 1.807) is 36.3 Å². The fourth-order valence-corrected chi connectivity index (χ4v) is 1.70. The van der Waals surface area contributed by atoms with E-state index in [1.165, 1.54) is 7.11 Å². The highest BCUT2D eigenvalue weighted by molar-refractivity contribution is 5.91. The zero-order valence-electron chi connectivity index (χ0n) is 11.1. The molecule has 0 saturated heterocycles. The van der Waals surface area contributed by atoms with Crippen molar-refractivity contribution >= 4 is 5.97 Å². The third-order valence-electron chi connectivity index (χ3n) is 2.72. The Morgan fingerprint density at radius 3 is 2.74 bits per heavy atom. The lowest BCUT2D eigenvalue weighted by Crippen LogP contribution is -2.02. The first-order valence-corrected chi connectivity index (χ1v) is 5.85. The minimum absolute atomic E-state index is 0.404. The number of aromatic nitrogens is 3. The number of hydrogen-bond acceptors (Lipinski definition) is 5. The number of esters is 1. The fraction of sp³-hybridized carbons (Fsp3) is 0.308. The lowest BCUT2D eigenvalue weighted by atomic mass is 10.1. The number of methoxy groups -OCH3 is 2. The number of nitrogens with zero attached hydrogens (tertiary/aromatic N) is 3. The Kier molecular flexibility index (Phi) is 3.79. The van der Waals surface area contributed by atoms with Crippen LogP contribution < -0.4 is 4.74 Å². The number of carbonyl (C=O) groups is 1. The maximum atomic E-state index is 11.5. The summed E-state index contributed by atoms with van der Waals surface area (Å²) in [4.78, 5) is 15.8. The second kappa shape index (κ2) is 5.51. The molecule has 0 aliphatic heterocycles. The lowest BCUT2D eigenvalue weighted by Gasteiger charge is -2.07. The molecular weight excluding hydrogens is 246 g/mol. The van der Waals surface area contributed by atoms with Crippen molar-refractivity contribution in [3.05, 3.63) is 30.1 Å². The molecule has 2 aromatic rings. The summed E-state index contributed by atoms with van der Waals surface area (Å²) in [5.41, 5.74) is 1.10. The Bertz CT molecular complexity index is 593. The minimum atomic E-state index is -0.404. The van der Waals surface area contributed by atoms with E-state index in [-0.39, 0.29) is 0 Å². The van der Waals surface area contributed by atoms with E-state index >= 15 is 0 Å². The molecule has 1 heterocycles. The molecule has 0 bridgehead atoms. The van der Waals surface area contributed by atoms with Gasteiger partial charge in [0.25, 0.3) is 0 Å². The van der Waals surface area contributed by atoms with Gasteiger partial charge in [-0.25, -0.2) is 9.78 Å². The quantitative estimate of drug-likeness (QED) is 0.784. The zero-order chi connectivity index (χ0) is 13.8. The van der Waals surface area contributed by atoms with Crippen LogP contribution in [0.1, 0.15) is 17.3 Å². The highest BCUT2D eigenvalue weighted by Crippen LogP contribution is 2.28. The fourth-order valence-electron chi connectivity index (χ4n) is 1.70. The molecule has 0 saturated carbocycles. The number of ether oxygens (including phenoxy) is 2. The molecule has 19 heavy (non-hydrogen) atoms. The van der Waals surface area contributed by atoms with Gasteiger partial charge in [-0.2, -0.15) is 5.10 Å². The lowest BCUT2D eigenvalue weighted by molar-refractivity contribution is 0.0601. The molecule has 0 unspecified atom stereocenters. The predicted molar refractivity (Wildman–Crippen MR) is 69.0 cm³/mol. The molecule has 0 atom stereocenters. The van der Waals surface area contributed by atoms with Crippen LogP contribution in [0.4, 0.5) is 0 Å². The summed E-state index contributed by atoms with van der Waals surface area (Å²) in [7, 11) is 2.91. The molecule has 0 amide bonds. The van der Waals surface area contributed by atoms with E-state index in [2.05, 4.69) is 10.1 Å². The molecule has 0 aliphatic carbocycles. The first-order chi connectivity index (χ1) is 9.19. The maximum absolute atomic E-state index is 11.5. The van der Waals surface area contributed by atoms with Gasteiger partial charge in [-0.05, 0) is 25.1 Å². The van der Waals surface area contributed by atoms with Gasteiger partial charge in [0.05, 0.1) is 25.3 Å². The average Bonchev–Trinajstić information content (AvgIpc) is 2.94. The van der Waals surface area contributed by atoms with Crippen molar-refractivity contribution in [3.63, 3.8) is 0 Å². The Morgan fingerprint density at radius 1 is 1.37 bits per heavy atom. The van der Waals surface area contributed by atoms with E-state index in [1.807, 2.05) is 6.92 Å².